The molecule has 0 amide bonds. The molecule has 0 radical (unpaired) electrons. The van der Waals surface area contributed by atoms with Crippen molar-refractivity contribution in [1.29, 1.82) is 0 Å². The van der Waals surface area contributed by atoms with Crippen LogP contribution in [-0.2, 0) is 24.6 Å². The Balaban J connectivity index is 4.97. The van der Waals surface area contributed by atoms with Gasteiger partial charge in [-0.2, -0.15) is 0 Å². The van der Waals surface area contributed by atoms with Crippen LogP contribution >= 0.6 is 18.4 Å². The fraction of sp³-hybridized carbons (Fsp3) is 1.00. The third kappa shape index (κ3) is 7.11. The zero-order valence-corrected chi connectivity index (χ0v) is 17.0. The van der Waals surface area contributed by atoms with Crippen molar-refractivity contribution in [2.45, 2.75) is 79.1 Å². The molecule has 0 spiro atoms. The molecule has 0 N–H and O–H groups in total. The maximum atomic E-state index is 6.53. The monoisotopic (exact) mass is 470 g/mol. The molecular formula is C12H27Cl2O3Ta. The van der Waals surface area contributed by atoms with Gasteiger partial charge < -0.3 is 0 Å². The van der Waals surface area contributed by atoms with Crippen molar-refractivity contribution >= 4 is 18.4 Å². The van der Waals surface area contributed by atoms with Gasteiger partial charge in [-0.1, -0.05) is 0 Å². The standard InChI is InChI=1S/3C4H9O.2ClH.Ta/c3*1-3-4(2)5;;;/h3*4H,3H2,1-2H3;2*1H;/q3*-1;;;+5/p-2. The van der Waals surface area contributed by atoms with Crippen LogP contribution in [0.5, 0.6) is 0 Å². The van der Waals surface area contributed by atoms with Crippen molar-refractivity contribution in [3.8, 4) is 0 Å². The summed E-state index contributed by atoms with van der Waals surface area (Å²) >= 11 is -5.06. The van der Waals surface area contributed by atoms with Gasteiger partial charge in [-0.15, -0.1) is 0 Å². The third-order valence-corrected chi connectivity index (χ3v) is 14.1. The van der Waals surface area contributed by atoms with E-state index in [-0.39, 0.29) is 18.3 Å². The SMILES string of the molecule is CCC(C)[O][Ta]([Cl])([Cl])([O]C(C)CC)[O]C(C)CC. The van der Waals surface area contributed by atoms with Gasteiger partial charge in [-0.05, 0) is 0 Å². The molecule has 6 heteroatoms. The molecule has 0 aromatic heterocycles. The van der Waals surface area contributed by atoms with Crippen LogP contribution in [0.3, 0.4) is 0 Å². The van der Waals surface area contributed by atoms with Gasteiger partial charge in [0.1, 0.15) is 0 Å². The van der Waals surface area contributed by atoms with Crippen LogP contribution in [0.1, 0.15) is 60.8 Å². The van der Waals surface area contributed by atoms with E-state index < -0.39 is 14.8 Å². The van der Waals surface area contributed by atoms with E-state index in [2.05, 4.69) is 0 Å². The molecule has 0 fully saturated rings. The Morgan fingerprint density at radius 2 is 0.944 bits per heavy atom. The molecule has 3 nitrogen and oxygen atoms in total. The van der Waals surface area contributed by atoms with Crippen LogP contribution < -0.4 is 0 Å². The van der Waals surface area contributed by atoms with Crippen molar-refractivity contribution in [3.05, 3.63) is 0 Å². The van der Waals surface area contributed by atoms with Gasteiger partial charge in [-0.3, -0.25) is 0 Å². The molecule has 18 heavy (non-hydrogen) atoms. The summed E-state index contributed by atoms with van der Waals surface area (Å²) in [5.41, 5.74) is 0. The summed E-state index contributed by atoms with van der Waals surface area (Å²) in [7, 11) is 13.1. The average Bonchev–Trinajstić information content (AvgIpc) is 2.27. The normalized spacial score (nSPS) is 19.9. The second-order valence-corrected chi connectivity index (χ2v) is 22.9. The fourth-order valence-electron chi connectivity index (χ4n) is 1.15. The summed E-state index contributed by atoms with van der Waals surface area (Å²) in [5, 5.41) is 0. The predicted octanol–water partition coefficient (Wildman–Crippen LogP) is 5.17. The molecule has 0 saturated carbocycles. The van der Waals surface area contributed by atoms with Gasteiger partial charge in [0.2, 0.25) is 0 Å². The molecule has 3 unspecified atom stereocenters. The van der Waals surface area contributed by atoms with Gasteiger partial charge in [0, 0.05) is 0 Å². The molecule has 3 atom stereocenters. The predicted molar refractivity (Wildman–Crippen MR) is 74.2 cm³/mol. The van der Waals surface area contributed by atoms with Crippen LogP contribution in [0.2, 0.25) is 0 Å². The number of hydrogen-bond donors (Lipinski definition) is 0. The number of halogens is 2. The second kappa shape index (κ2) is 7.84. The van der Waals surface area contributed by atoms with Crippen molar-refractivity contribution in [3.63, 3.8) is 0 Å². The summed E-state index contributed by atoms with van der Waals surface area (Å²) < 4.78 is 17.5. The molecule has 0 bridgehead atoms. The van der Waals surface area contributed by atoms with E-state index in [1.54, 1.807) is 0 Å². The van der Waals surface area contributed by atoms with E-state index in [9.17, 15) is 0 Å². The first-order valence-corrected chi connectivity index (χ1v) is 18.6. The first kappa shape index (κ1) is 19.2. The third-order valence-electron chi connectivity index (χ3n) is 2.76. The van der Waals surface area contributed by atoms with Crippen LogP contribution in [-0.4, -0.2) is 18.3 Å². The Bertz CT molecular complexity index is 213. The van der Waals surface area contributed by atoms with E-state index in [1.165, 1.54) is 0 Å². The Kier molecular flexibility index (Phi) is 8.37. The van der Waals surface area contributed by atoms with Crippen LogP contribution in [0, 0.1) is 0 Å². The van der Waals surface area contributed by atoms with E-state index >= 15 is 0 Å². The Labute approximate surface area is 122 Å². The van der Waals surface area contributed by atoms with Crippen molar-refractivity contribution < 1.29 is 24.6 Å². The van der Waals surface area contributed by atoms with Crippen LogP contribution in [0.15, 0.2) is 0 Å². The van der Waals surface area contributed by atoms with Gasteiger partial charge in [-0.25, -0.2) is 0 Å². The Hall–Kier alpha value is 1.20. The van der Waals surface area contributed by atoms with Crippen molar-refractivity contribution in [1.82, 2.24) is 0 Å². The molecule has 0 saturated heterocycles. The summed E-state index contributed by atoms with van der Waals surface area (Å²) in [6, 6.07) is 0. The molecule has 0 aliphatic carbocycles. The number of rotatable bonds is 9. The average molecular weight is 471 g/mol. The van der Waals surface area contributed by atoms with Crippen LogP contribution in [0.4, 0.5) is 0 Å². The Morgan fingerprint density at radius 1 is 0.722 bits per heavy atom. The van der Waals surface area contributed by atoms with Gasteiger partial charge >= 0.3 is 122 Å². The fourth-order valence-corrected chi connectivity index (χ4v) is 16.1. The summed E-state index contributed by atoms with van der Waals surface area (Å²) in [4.78, 5) is 0. The van der Waals surface area contributed by atoms with E-state index in [0.717, 1.165) is 19.3 Å². The molecular weight excluding hydrogens is 444 g/mol. The zero-order valence-electron chi connectivity index (χ0n) is 12.3. The zero-order chi connectivity index (χ0) is 14.4. The molecule has 0 rings (SSSR count). The molecule has 112 valence electrons. The Morgan fingerprint density at radius 3 is 1.11 bits per heavy atom. The van der Waals surface area contributed by atoms with Gasteiger partial charge in [0.05, 0.1) is 0 Å². The van der Waals surface area contributed by atoms with Gasteiger partial charge in [0.15, 0.2) is 0 Å². The summed E-state index contributed by atoms with van der Waals surface area (Å²) in [6.45, 7) is 11.8. The summed E-state index contributed by atoms with van der Waals surface area (Å²) in [5.74, 6) is 0. The van der Waals surface area contributed by atoms with Crippen LogP contribution in [0.25, 0.3) is 0 Å². The topological polar surface area (TPSA) is 27.7 Å². The summed E-state index contributed by atoms with van der Waals surface area (Å²) in [6.07, 6.45) is 2.25. The molecule has 0 aromatic rings. The minimum atomic E-state index is -5.06. The second-order valence-electron chi connectivity index (χ2n) is 4.67. The van der Waals surface area contributed by atoms with E-state index in [0.29, 0.717) is 0 Å². The maximum absolute atomic E-state index is 6.53. The molecule has 0 aromatic carbocycles. The van der Waals surface area contributed by atoms with Gasteiger partial charge in [0.25, 0.3) is 0 Å². The van der Waals surface area contributed by atoms with Crippen molar-refractivity contribution in [2.75, 3.05) is 0 Å². The molecule has 0 heterocycles. The van der Waals surface area contributed by atoms with E-state index in [1.807, 2.05) is 41.5 Å². The molecule has 0 aliphatic rings. The minimum absolute atomic E-state index is 0.0687. The first-order chi connectivity index (χ1) is 8.15. The number of hydrogen-bond acceptors (Lipinski definition) is 3. The first-order valence-electron chi connectivity index (χ1n) is 6.67. The van der Waals surface area contributed by atoms with E-state index in [4.69, 9.17) is 28.1 Å². The quantitative estimate of drug-likeness (QED) is 0.465. The van der Waals surface area contributed by atoms with Crippen molar-refractivity contribution in [2.24, 2.45) is 0 Å². The molecule has 0 aliphatic heterocycles.